The molecule has 0 aliphatic carbocycles. The van der Waals surface area contributed by atoms with Crippen molar-refractivity contribution in [3.8, 4) is 0 Å². The van der Waals surface area contributed by atoms with Crippen LogP contribution in [0.4, 0.5) is 17.8 Å². The third kappa shape index (κ3) is 2.94. The van der Waals surface area contributed by atoms with Gasteiger partial charge in [0.05, 0.1) is 0 Å². The molecule has 1 unspecified atom stereocenters. The molecule has 0 amide bonds. The Bertz CT molecular complexity index is 457. The summed E-state index contributed by atoms with van der Waals surface area (Å²) in [4.78, 5) is 17.8. The van der Waals surface area contributed by atoms with E-state index in [2.05, 4.69) is 31.7 Å². The number of hydrogen-bond donors (Lipinski definition) is 1. The lowest BCUT2D eigenvalue weighted by atomic mass is 10.0. The van der Waals surface area contributed by atoms with Crippen LogP contribution in [0.25, 0.3) is 0 Å². The van der Waals surface area contributed by atoms with E-state index < -0.39 is 0 Å². The molecule has 2 aliphatic rings. The van der Waals surface area contributed by atoms with Gasteiger partial charge < -0.3 is 15.5 Å². The van der Waals surface area contributed by atoms with Crippen LogP contribution in [0, 0.1) is 5.92 Å². The Kier molecular flexibility index (Phi) is 3.89. The van der Waals surface area contributed by atoms with Crippen molar-refractivity contribution in [2.45, 2.75) is 39.0 Å². The van der Waals surface area contributed by atoms with Crippen molar-refractivity contribution in [1.82, 2.24) is 15.0 Å². The van der Waals surface area contributed by atoms with Crippen molar-refractivity contribution < 1.29 is 0 Å². The van der Waals surface area contributed by atoms with Crippen molar-refractivity contribution in [2.24, 2.45) is 5.92 Å². The molecule has 1 atom stereocenters. The summed E-state index contributed by atoms with van der Waals surface area (Å²) in [5, 5.41) is 0. The molecule has 20 heavy (non-hydrogen) atoms. The molecule has 3 rings (SSSR count). The molecule has 2 saturated heterocycles. The highest BCUT2D eigenvalue weighted by molar-refractivity contribution is 5.44. The second-order valence-corrected chi connectivity index (χ2v) is 6.03. The van der Waals surface area contributed by atoms with Crippen LogP contribution in [0.3, 0.4) is 0 Å². The van der Waals surface area contributed by atoms with E-state index in [1.165, 1.54) is 32.1 Å². The van der Waals surface area contributed by atoms with Gasteiger partial charge in [-0.15, -0.1) is 0 Å². The Morgan fingerprint density at radius 3 is 2.25 bits per heavy atom. The van der Waals surface area contributed by atoms with Crippen LogP contribution in [0.5, 0.6) is 0 Å². The summed E-state index contributed by atoms with van der Waals surface area (Å²) in [6.45, 7) is 6.37. The van der Waals surface area contributed by atoms with E-state index in [9.17, 15) is 0 Å². The first kappa shape index (κ1) is 13.4. The molecule has 0 bridgehead atoms. The van der Waals surface area contributed by atoms with Gasteiger partial charge in [-0.05, 0) is 38.0 Å². The number of anilines is 3. The molecule has 110 valence electrons. The van der Waals surface area contributed by atoms with Crippen LogP contribution in [0.1, 0.15) is 39.0 Å². The van der Waals surface area contributed by atoms with Gasteiger partial charge in [0.2, 0.25) is 17.8 Å². The van der Waals surface area contributed by atoms with Crippen LogP contribution in [-0.4, -0.2) is 41.1 Å². The molecule has 0 saturated carbocycles. The summed E-state index contributed by atoms with van der Waals surface area (Å²) in [5.74, 6) is 2.55. The first-order chi connectivity index (χ1) is 9.72. The number of nitrogens with zero attached hydrogens (tertiary/aromatic N) is 5. The lowest BCUT2D eigenvalue weighted by Crippen LogP contribution is -2.37. The van der Waals surface area contributed by atoms with Crippen LogP contribution in [-0.2, 0) is 0 Å². The topological polar surface area (TPSA) is 71.2 Å². The average molecular weight is 276 g/mol. The van der Waals surface area contributed by atoms with Gasteiger partial charge in [-0.3, -0.25) is 0 Å². The second-order valence-electron chi connectivity index (χ2n) is 6.03. The lowest BCUT2D eigenvalue weighted by molar-refractivity contribution is 0.441. The predicted molar refractivity (Wildman–Crippen MR) is 80.9 cm³/mol. The minimum absolute atomic E-state index is 0.341. The Morgan fingerprint density at radius 2 is 1.55 bits per heavy atom. The maximum Gasteiger partial charge on any atom is 0.231 e. The molecule has 0 spiro atoms. The van der Waals surface area contributed by atoms with Crippen molar-refractivity contribution in [3.63, 3.8) is 0 Å². The van der Waals surface area contributed by atoms with Gasteiger partial charge in [0, 0.05) is 26.2 Å². The molecule has 2 aliphatic heterocycles. The highest BCUT2D eigenvalue weighted by atomic mass is 15.4. The molecule has 3 heterocycles. The van der Waals surface area contributed by atoms with E-state index in [-0.39, 0.29) is 0 Å². The molecule has 6 nitrogen and oxygen atoms in total. The smallest absolute Gasteiger partial charge is 0.231 e. The van der Waals surface area contributed by atoms with Gasteiger partial charge in [-0.1, -0.05) is 6.92 Å². The van der Waals surface area contributed by atoms with Crippen molar-refractivity contribution in [2.75, 3.05) is 41.7 Å². The minimum atomic E-state index is 0.341. The zero-order valence-corrected chi connectivity index (χ0v) is 12.3. The quantitative estimate of drug-likeness (QED) is 0.886. The molecule has 2 N–H and O–H groups in total. The predicted octanol–water partition coefficient (Wildman–Crippen LogP) is 1.68. The van der Waals surface area contributed by atoms with Gasteiger partial charge in [0.25, 0.3) is 0 Å². The highest BCUT2D eigenvalue weighted by Crippen LogP contribution is 2.23. The molecule has 0 aromatic carbocycles. The fraction of sp³-hybridized carbons (Fsp3) is 0.786. The van der Waals surface area contributed by atoms with E-state index >= 15 is 0 Å². The van der Waals surface area contributed by atoms with Crippen molar-refractivity contribution in [3.05, 3.63) is 0 Å². The van der Waals surface area contributed by atoms with Gasteiger partial charge >= 0.3 is 0 Å². The fourth-order valence-electron chi connectivity index (χ4n) is 3.12. The molecule has 1 aromatic rings. The minimum Gasteiger partial charge on any atom is -0.368 e. The Hall–Kier alpha value is -1.59. The summed E-state index contributed by atoms with van der Waals surface area (Å²) in [6, 6.07) is 0. The van der Waals surface area contributed by atoms with E-state index in [1.807, 2.05) is 0 Å². The van der Waals surface area contributed by atoms with Gasteiger partial charge in [-0.25, -0.2) is 0 Å². The summed E-state index contributed by atoms with van der Waals surface area (Å²) in [7, 11) is 0. The van der Waals surface area contributed by atoms with Gasteiger partial charge in [-0.2, -0.15) is 15.0 Å². The SMILES string of the molecule is CC1CCCN(c2nc(N)nc(N3CCCCC3)n2)C1. The summed E-state index contributed by atoms with van der Waals surface area (Å²) >= 11 is 0. The third-order valence-electron chi connectivity index (χ3n) is 4.21. The van der Waals surface area contributed by atoms with Crippen molar-refractivity contribution in [1.29, 1.82) is 0 Å². The number of nitrogens with two attached hydrogens (primary N) is 1. The fourth-order valence-corrected chi connectivity index (χ4v) is 3.12. The molecular formula is C14H24N6. The number of rotatable bonds is 2. The van der Waals surface area contributed by atoms with Crippen LogP contribution in [0.2, 0.25) is 0 Å². The maximum atomic E-state index is 5.89. The molecule has 6 heteroatoms. The van der Waals surface area contributed by atoms with Gasteiger partial charge in [0.1, 0.15) is 0 Å². The largest absolute Gasteiger partial charge is 0.368 e. The average Bonchev–Trinajstić information content (AvgIpc) is 2.47. The maximum absolute atomic E-state index is 5.89. The molecule has 1 aromatic heterocycles. The van der Waals surface area contributed by atoms with Crippen LogP contribution in [0.15, 0.2) is 0 Å². The van der Waals surface area contributed by atoms with E-state index in [4.69, 9.17) is 5.73 Å². The summed E-state index contributed by atoms with van der Waals surface area (Å²) in [6.07, 6.45) is 6.21. The van der Waals surface area contributed by atoms with Crippen molar-refractivity contribution >= 4 is 17.8 Å². The molecule has 0 radical (unpaired) electrons. The number of hydrogen-bond acceptors (Lipinski definition) is 6. The molecule has 2 fully saturated rings. The number of piperidine rings is 2. The third-order valence-corrected chi connectivity index (χ3v) is 4.21. The van der Waals surface area contributed by atoms with E-state index in [1.54, 1.807) is 0 Å². The van der Waals surface area contributed by atoms with E-state index in [0.717, 1.165) is 38.1 Å². The van der Waals surface area contributed by atoms with Gasteiger partial charge in [0.15, 0.2) is 0 Å². The Labute approximate surface area is 120 Å². The lowest BCUT2D eigenvalue weighted by Gasteiger charge is -2.32. The zero-order valence-electron chi connectivity index (χ0n) is 12.3. The first-order valence-electron chi connectivity index (χ1n) is 7.74. The monoisotopic (exact) mass is 276 g/mol. The normalized spacial score (nSPS) is 23.9. The highest BCUT2D eigenvalue weighted by Gasteiger charge is 2.21. The first-order valence-corrected chi connectivity index (χ1v) is 7.74. The number of aromatic nitrogens is 3. The Morgan fingerprint density at radius 1 is 0.900 bits per heavy atom. The van der Waals surface area contributed by atoms with Crippen LogP contribution >= 0.6 is 0 Å². The standard InChI is InChI=1S/C14H24N6/c1-11-6-5-9-20(10-11)14-17-12(15)16-13(18-14)19-7-3-2-4-8-19/h11H,2-10H2,1H3,(H2,15,16,17,18). The second kappa shape index (κ2) is 5.81. The summed E-state index contributed by atoms with van der Waals surface area (Å²) in [5.41, 5.74) is 5.89. The Balaban J connectivity index is 1.82. The zero-order chi connectivity index (χ0) is 13.9. The number of nitrogen functional groups attached to an aromatic ring is 1. The van der Waals surface area contributed by atoms with E-state index in [0.29, 0.717) is 11.9 Å². The summed E-state index contributed by atoms with van der Waals surface area (Å²) < 4.78 is 0. The molecular weight excluding hydrogens is 252 g/mol. The van der Waals surface area contributed by atoms with Crippen LogP contribution < -0.4 is 15.5 Å².